The van der Waals surface area contributed by atoms with Crippen LogP contribution in [0.15, 0.2) is 58.4 Å². The summed E-state index contributed by atoms with van der Waals surface area (Å²) in [6.07, 6.45) is 0. The van der Waals surface area contributed by atoms with Crippen molar-refractivity contribution in [2.45, 2.75) is 30.8 Å². The van der Waals surface area contributed by atoms with E-state index in [-0.39, 0.29) is 16.8 Å². The van der Waals surface area contributed by atoms with E-state index < -0.39 is 34.5 Å². The predicted octanol–water partition coefficient (Wildman–Crippen LogP) is 1.54. The number of sulfonamides is 1. The van der Waals surface area contributed by atoms with Crippen LogP contribution in [-0.2, 0) is 24.3 Å². The number of nitrogens with one attached hydrogen (secondary N) is 2. The van der Waals surface area contributed by atoms with Gasteiger partial charge in [0.2, 0.25) is 0 Å². The highest BCUT2D eigenvalue weighted by atomic mass is 32.2. The Morgan fingerprint density at radius 3 is 2.52 bits per heavy atom. The molecule has 31 heavy (non-hydrogen) atoms. The predicted molar refractivity (Wildman–Crippen MR) is 113 cm³/mol. The number of rotatable bonds is 7. The normalized spacial score (nSPS) is 17.2. The minimum absolute atomic E-state index is 0.0642. The lowest BCUT2D eigenvalue weighted by molar-refractivity contribution is -0.149. The molecule has 164 valence electrons. The SMILES string of the molecule is COc1ccccc1C(C)NC(=O)COC(=O)[C@H](C)N=C1NS(=O)(=O)c2ccccc21. The summed E-state index contributed by atoms with van der Waals surface area (Å²) in [5.41, 5.74) is 1.17. The molecule has 2 atom stereocenters. The molecule has 0 saturated heterocycles. The Bertz CT molecular complexity index is 1130. The quantitative estimate of drug-likeness (QED) is 0.623. The average Bonchev–Trinajstić information content (AvgIpc) is 3.01. The number of nitrogens with zero attached hydrogens (tertiary/aromatic N) is 1. The van der Waals surface area contributed by atoms with Gasteiger partial charge in [-0.3, -0.25) is 14.5 Å². The van der Waals surface area contributed by atoms with Crippen molar-refractivity contribution < 1.29 is 27.5 Å². The van der Waals surface area contributed by atoms with Crippen LogP contribution < -0.4 is 14.8 Å². The number of carbonyl (C=O) groups is 2. The molecule has 0 spiro atoms. The van der Waals surface area contributed by atoms with Gasteiger partial charge in [0.1, 0.15) is 17.6 Å². The molecular weight excluding hydrogens is 422 g/mol. The van der Waals surface area contributed by atoms with E-state index in [0.717, 1.165) is 5.56 Å². The highest BCUT2D eigenvalue weighted by Gasteiger charge is 2.31. The van der Waals surface area contributed by atoms with Crippen LogP contribution in [-0.4, -0.2) is 45.9 Å². The third-order valence-electron chi connectivity index (χ3n) is 4.66. The van der Waals surface area contributed by atoms with Crippen molar-refractivity contribution in [1.29, 1.82) is 0 Å². The van der Waals surface area contributed by atoms with E-state index in [2.05, 4.69) is 15.0 Å². The van der Waals surface area contributed by atoms with Crippen molar-refractivity contribution >= 4 is 27.7 Å². The number of carbonyl (C=O) groups excluding carboxylic acids is 2. The Morgan fingerprint density at radius 1 is 1.10 bits per heavy atom. The molecule has 2 aromatic rings. The fourth-order valence-electron chi connectivity index (χ4n) is 3.12. The minimum atomic E-state index is -3.70. The Balaban J connectivity index is 1.58. The first-order valence-corrected chi connectivity index (χ1v) is 11.0. The molecular formula is C21H23N3O6S. The molecule has 3 rings (SSSR count). The number of methoxy groups -OCH3 is 1. The van der Waals surface area contributed by atoms with Crippen molar-refractivity contribution in [1.82, 2.24) is 10.0 Å². The fraction of sp³-hybridized carbons (Fsp3) is 0.286. The molecule has 0 radical (unpaired) electrons. The summed E-state index contributed by atoms with van der Waals surface area (Å²) in [5, 5.41) is 2.74. The van der Waals surface area contributed by atoms with Crippen molar-refractivity contribution in [3.05, 3.63) is 59.7 Å². The second kappa shape index (κ2) is 9.17. The average molecular weight is 445 g/mol. The molecule has 0 fully saturated rings. The standard InChI is InChI=1S/C21H23N3O6S/c1-13(15-8-4-6-10-17(15)29-3)22-19(25)12-30-21(26)14(2)23-20-16-9-5-7-11-18(16)31(27,28)24-20/h4-11,13-14H,12H2,1-3H3,(H,22,25)(H,23,24)/t13?,14-/m0/s1. The van der Waals surface area contributed by atoms with Crippen molar-refractivity contribution in [3.63, 3.8) is 0 Å². The number of hydrogen-bond donors (Lipinski definition) is 2. The summed E-state index contributed by atoms with van der Waals surface area (Å²) < 4.78 is 36.9. The van der Waals surface area contributed by atoms with Crippen LogP contribution in [0.25, 0.3) is 0 Å². The first-order chi connectivity index (χ1) is 14.7. The fourth-order valence-corrected chi connectivity index (χ4v) is 4.36. The van der Waals surface area contributed by atoms with E-state index in [0.29, 0.717) is 11.3 Å². The van der Waals surface area contributed by atoms with Crippen LogP contribution >= 0.6 is 0 Å². The zero-order valence-corrected chi connectivity index (χ0v) is 18.1. The van der Waals surface area contributed by atoms with Crippen LogP contribution in [0, 0.1) is 0 Å². The minimum Gasteiger partial charge on any atom is -0.496 e. The molecule has 1 aliphatic heterocycles. The number of amidine groups is 1. The Hall–Kier alpha value is -3.40. The van der Waals surface area contributed by atoms with Crippen LogP contribution in [0.2, 0.25) is 0 Å². The molecule has 2 aromatic carbocycles. The first kappa shape index (κ1) is 22.3. The highest BCUT2D eigenvalue weighted by molar-refractivity contribution is 7.90. The van der Waals surface area contributed by atoms with Gasteiger partial charge >= 0.3 is 5.97 Å². The number of fused-ring (bicyclic) bond motifs is 1. The maximum Gasteiger partial charge on any atom is 0.331 e. The summed E-state index contributed by atoms with van der Waals surface area (Å²) in [4.78, 5) is 28.7. The maximum atomic E-state index is 12.3. The van der Waals surface area contributed by atoms with Crippen LogP contribution in [0.4, 0.5) is 0 Å². The largest absolute Gasteiger partial charge is 0.496 e. The van der Waals surface area contributed by atoms with Gasteiger partial charge in [-0.15, -0.1) is 0 Å². The summed E-state index contributed by atoms with van der Waals surface area (Å²) in [6, 6.07) is 12.2. The number of aliphatic imine (C=N–C) groups is 1. The van der Waals surface area contributed by atoms with Crippen LogP contribution in [0.3, 0.4) is 0 Å². The Kier molecular flexibility index (Phi) is 6.59. The molecule has 2 N–H and O–H groups in total. The lowest BCUT2D eigenvalue weighted by Gasteiger charge is -2.17. The van der Waals surface area contributed by atoms with E-state index in [1.807, 2.05) is 18.2 Å². The molecule has 0 bridgehead atoms. The number of amides is 1. The van der Waals surface area contributed by atoms with E-state index in [9.17, 15) is 18.0 Å². The number of para-hydroxylation sites is 1. The molecule has 1 amide bonds. The van der Waals surface area contributed by atoms with Gasteiger partial charge in [0.25, 0.3) is 15.9 Å². The monoisotopic (exact) mass is 445 g/mol. The first-order valence-electron chi connectivity index (χ1n) is 9.52. The number of ether oxygens (including phenoxy) is 2. The number of esters is 1. The second-order valence-corrected chi connectivity index (χ2v) is 8.55. The van der Waals surface area contributed by atoms with Crippen molar-refractivity contribution in [3.8, 4) is 5.75 Å². The van der Waals surface area contributed by atoms with Gasteiger partial charge in [-0.1, -0.05) is 30.3 Å². The van der Waals surface area contributed by atoms with Crippen LogP contribution in [0.5, 0.6) is 5.75 Å². The van der Waals surface area contributed by atoms with Crippen molar-refractivity contribution in [2.24, 2.45) is 4.99 Å². The topological polar surface area (TPSA) is 123 Å². The lowest BCUT2D eigenvalue weighted by atomic mass is 10.1. The second-order valence-electron chi connectivity index (χ2n) is 6.89. The smallest absolute Gasteiger partial charge is 0.331 e. The molecule has 1 heterocycles. The molecule has 0 aromatic heterocycles. The van der Waals surface area contributed by atoms with Gasteiger partial charge in [-0.2, -0.15) is 0 Å². The maximum absolute atomic E-state index is 12.3. The van der Waals surface area contributed by atoms with E-state index in [1.165, 1.54) is 13.0 Å². The van der Waals surface area contributed by atoms with Crippen LogP contribution in [0.1, 0.15) is 31.0 Å². The molecule has 10 heteroatoms. The zero-order valence-electron chi connectivity index (χ0n) is 17.3. The third-order valence-corrected chi connectivity index (χ3v) is 6.05. The summed E-state index contributed by atoms with van der Waals surface area (Å²) >= 11 is 0. The molecule has 0 aliphatic carbocycles. The summed E-state index contributed by atoms with van der Waals surface area (Å²) in [7, 11) is -2.16. The Morgan fingerprint density at radius 2 is 1.77 bits per heavy atom. The summed E-state index contributed by atoms with van der Waals surface area (Å²) in [6.45, 7) is 2.76. The van der Waals surface area contributed by atoms with Gasteiger partial charge in [-0.25, -0.2) is 13.2 Å². The lowest BCUT2D eigenvalue weighted by Crippen LogP contribution is -2.33. The highest BCUT2D eigenvalue weighted by Crippen LogP contribution is 2.24. The molecule has 1 unspecified atom stereocenters. The number of hydrogen-bond acceptors (Lipinski definition) is 7. The molecule has 9 nitrogen and oxygen atoms in total. The molecule has 0 saturated carbocycles. The third kappa shape index (κ3) is 5.02. The summed E-state index contributed by atoms with van der Waals surface area (Å²) in [5.74, 6) is -0.542. The number of benzene rings is 2. The van der Waals surface area contributed by atoms with E-state index in [1.54, 1.807) is 38.3 Å². The van der Waals surface area contributed by atoms with Gasteiger partial charge in [0, 0.05) is 11.1 Å². The van der Waals surface area contributed by atoms with E-state index >= 15 is 0 Å². The molecule has 1 aliphatic rings. The zero-order chi connectivity index (χ0) is 22.6. The van der Waals surface area contributed by atoms with Gasteiger partial charge < -0.3 is 14.8 Å². The Labute approximate surface area is 180 Å². The van der Waals surface area contributed by atoms with Gasteiger partial charge in [-0.05, 0) is 32.0 Å². The van der Waals surface area contributed by atoms with Gasteiger partial charge in [0.15, 0.2) is 6.61 Å². The van der Waals surface area contributed by atoms with Crippen molar-refractivity contribution in [2.75, 3.05) is 13.7 Å². The van der Waals surface area contributed by atoms with Gasteiger partial charge in [0.05, 0.1) is 18.0 Å². The van der Waals surface area contributed by atoms with E-state index in [4.69, 9.17) is 9.47 Å².